The van der Waals surface area contributed by atoms with E-state index in [2.05, 4.69) is 71.1 Å². The van der Waals surface area contributed by atoms with E-state index in [0.717, 1.165) is 16.1 Å². The van der Waals surface area contributed by atoms with Crippen molar-refractivity contribution in [3.63, 3.8) is 0 Å². The summed E-state index contributed by atoms with van der Waals surface area (Å²) in [6, 6.07) is 28.5. The molecule has 0 spiro atoms. The summed E-state index contributed by atoms with van der Waals surface area (Å²) in [5.41, 5.74) is 4.43. The Bertz CT molecular complexity index is 1550. The Hall–Kier alpha value is -3.65. The standard InChI is InChI=1S/C34H37ClN4O2S/c1-6-41-32(40)28-26-21-27(22-13-9-7-10-14-22)39(5)29(23-15-11-8-12-16-23)30(26)42-31(28)37-33(38-34(2,3)4)36-25-19-17-24(35)18-20-25/h7-20,27,29H,6,21H2,1-5H3,(H2,36,37,38). The van der Waals surface area contributed by atoms with Gasteiger partial charge in [-0.2, -0.15) is 0 Å². The summed E-state index contributed by atoms with van der Waals surface area (Å²) in [5.74, 6) is 0.209. The van der Waals surface area contributed by atoms with Crippen molar-refractivity contribution < 1.29 is 9.53 Å². The Morgan fingerprint density at radius 2 is 1.60 bits per heavy atom. The first kappa shape index (κ1) is 29.8. The zero-order valence-corrected chi connectivity index (χ0v) is 26.2. The van der Waals surface area contributed by atoms with Gasteiger partial charge in [0.2, 0.25) is 5.96 Å². The molecule has 0 saturated carbocycles. The minimum atomic E-state index is -0.381. The van der Waals surface area contributed by atoms with E-state index in [9.17, 15) is 4.79 Å². The van der Waals surface area contributed by atoms with Crippen molar-refractivity contribution in [3.05, 3.63) is 117 Å². The minimum absolute atomic E-state index is 0.0406. The summed E-state index contributed by atoms with van der Waals surface area (Å²) in [5, 5.41) is 8.28. The van der Waals surface area contributed by atoms with Gasteiger partial charge in [0.15, 0.2) is 0 Å². The Labute approximate surface area is 257 Å². The topological polar surface area (TPSA) is 66.0 Å². The molecule has 0 aliphatic carbocycles. The quantitative estimate of drug-likeness (QED) is 0.132. The van der Waals surface area contributed by atoms with Crippen LogP contribution in [-0.4, -0.2) is 36.0 Å². The van der Waals surface area contributed by atoms with Crippen LogP contribution in [0.3, 0.4) is 0 Å². The van der Waals surface area contributed by atoms with E-state index in [1.165, 1.54) is 11.1 Å². The van der Waals surface area contributed by atoms with Gasteiger partial charge in [-0.15, -0.1) is 11.3 Å². The van der Waals surface area contributed by atoms with Crippen molar-refractivity contribution in [3.8, 4) is 0 Å². The fourth-order valence-corrected chi connectivity index (χ4v) is 6.89. The van der Waals surface area contributed by atoms with Gasteiger partial charge in [0.25, 0.3) is 0 Å². The number of nitrogens with one attached hydrogen (secondary N) is 2. The fourth-order valence-electron chi connectivity index (χ4n) is 5.37. The van der Waals surface area contributed by atoms with Crippen molar-refractivity contribution >= 4 is 45.6 Å². The first-order valence-electron chi connectivity index (χ1n) is 14.2. The summed E-state index contributed by atoms with van der Waals surface area (Å²) < 4.78 is 5.65. The van der Waals surface area contributed by atoms with Crippen LogP contribution in [0.4, 0.5) is 10.7 Å². The van der Waals surface area contributed by atoms with E-state index in [1.807, 2.05) is 64.1 Å². The molecule has 3 aromatic carbocycles. The molecule has 5 rings (SSSR count). The molecule has 0 saturated heterocycles. The molecule has 2 heterocycles. The van der Waals surface area contributed by atoms with Crippen LogP contribution in [0.2, 0.25) is 5.02 Å². The van der Waals surface area contributed by atoms with E-state index >= 15 is 0 Å². The van der Waals surface area contributed by atoms with E-state index in [4.69, 9.17) is 21.3 Å². The number of rotatable bonds is 6. The predicted molar refractivity (Wildman–Crippen MR) is 175 cm³/mol. The van der Waals surface area contributed by atoms with Crippen molar-refractivity contribution in [1.29, 1.82) is 0 Å². The normalized spacial score (nSPS) is 17.4. The SMILES string of the molecule is CCOC(=O)c1c(NC(=NC(C)(C)C)Nc2ccc(Cl)cc2)sc2c1CC(c1ccccc1)N(C)C2c1ccccc1. The number of fused-ring (bicyclic) bond motifs is 1. The number of thiophene rings is 1. The van der Waals surface area contributed by atoms with E-state index < -0.39 is 0 Å². The maximum Gasteiger partial charge on any atom is 0.341 e. The summed E-state index contributed by atoms with van der Waals surface area (Å²) in [6.45, 7) is 8.24. The van der Waals surface area contributed by atoms with Crippen LogP contribution in [0.5, 0.6) is 0 Å². The number of anilines is 2. The van der Waals surface area contributed by atoms with Crippen molar-refractivity contribution in [2.75, 3.05) is 24.3 Å². The molecule has 218 valence electrons. The Balaban J connectivity index is 1.65. The molecular weight excluding hydrogens is 564 g/mol. The molecule has 42 heavy (non-hydrogen) atoms. The first-order chi connectivity index (χ1) is 20.1. The van der Waals surface area contributed by atoms with E-state index in [-0.39, 0.29) is 23.6 Å². The number of carbonyl (C=O) groups is 1. The van der Waals surface area contributed by atoms with Gasteiger partial charge in [-0.25, -0.2) is 9.79 Å². The second-order valence-electron chi connectivity index (χ2n) is 11.4. The molecule has 1 aliphatic heterocycles. The summed E-state index contributed by atoms with van der Waals surface area (Å²) in [6.07, 6.45) is 0.682. The molecule has 8 heteroatoms. The van der Waals surface area contributed by atoms with Gasteiger partial charge in [0.05, 0.1) is 23.8 Å². The van der Waals surface area contributed by atoms with Crippen LogP contribution in [0.25, 0.3) is 0 Å². The van der Waals surface area contributed by atoms with Crippen LogP contribution in [-0.2, 0) is 11.2 Å². The molecule has 0 amide bonds. The number of hydrogen-bond donors (Lipinski definition) is 2. The Morgan fingerprint density at radius 3 is 2.19 bits per heavy atom. The Kier molecular flexibility index (Phi) is 9.02. The number of nitrogens with zero attached hydrogens (tertiary/aromatic N) is 2. The van der Waals surface area contributed by atoms with Crippen molar-refractivity contribution in [2.24, 2.45) is 4.99 Å². The number of ether oxygens (including phenoxy) is 1. The highest BCUT2D eigenvalue weighted by molar-refractivity contribution is 7.17. The lowest BCUT2D eigenvalue weighted by atomic mass is 9.86. The predicted octanol–water partition coefficient (Wildman–Crippen LogP) is 8.58. The van der Waals surface area contributed by atoms with Gasteiger partial charge in [-0.1, -0.05) is 72.3 Å². The second kappa shape index (κ2) is 12.7. The number of hydrogen-bond acceptors (Lipinski definition) is 5. The zero-order valence-electron chi connectivity index (χ0n) is 24.6. The molecule has 1 aliphatic rings. The molecule has 1 aromatic heterocycles. The molecule has 0 radical (unpaired) electrons. The third-order valence-electron chi connectivity index (χ3n) is 7.15. The maximum atomic E-state index is 13.7. The average Bonchev–Trinajstić information content (AvgIpc) is 3.31. The van der Waals surface area contributed by atoms with Crippen molar-refractivity contribution in [1.82, 2.24) is 4.90 Å². The molecule has 0 fully saturated rings. The monoisotopic (exact) mass is 600 g/mol. The van der Waals surface area contributed by atoms with Crippen molar-refractivity contribution in [2.45, 2.75) is 51.7 Å². The maximum absolute atomic E-state index is 13.7. The van der Waals surface area contributed by atoms with Gasteiger partial charge < -0.3 is 15.4 Å². The number of likely N-dealkylation sites (N-methyl/N-ethyl adjacent to an activating group) is 1. The molecule has 2 atom stereocenters. The number of guanidine groups is 1. The highest BCUT2D eigenvalue weighted by Gasteiger charge is 2.39. The lowest BCUT2D eigenvalue weighted by Gasteiger charge is -2.40. The molecule has 2 N–H and O–H groups in total. The molecule has 0 bridgehead atoms. The molecule has 6 nitrogen and oxygen atoms in total. The van der Waals surface area contributed by atoms with Gasteiger partial charge in [0, 0.05) is 21.6 Å². The summed E-state index contributed by atoms with van der Waals surface area (Å²) in [4.78, 5) is 22.2. The highest BCUT2D eigenvalue weighted by atomic mass is 35.5. The van der Waals surface area contributed by atoms with Crippen LogP contribution < -0.4 is 10.6 Å². The van der Waals surface area contributed by atoms with E-state index in [0.29, 0.717) is 34.6 Å². The third kappa shape index (κ3) is 6.70. The number of halogens is 1. The lowest BCUT2D eigenvalue weighted by Crippen LogP contribution is -2.35. The average molecular weight is 601 g/mol. The molecule has 4 aromatic rings. The molecule has 2 unspecified atom stereocenters. The number of esters is 1. The zero-order chi connectivity index (χ0) is 29.9. The largest absolute Gasteiger partial charge is 0.462 e. The Morgan fingerprint density at radius 1 is 0.976 bits per heavy atom. The van der Waals surface area contributed by atoms with Crippen LogP contribution in [0.1, 0.15) is 71.7 Å². The summed E-state index contributed by atoms with van der Waals surface area (Å²) in [7, 11) is 2.17. The van der Waals surface area contributed by atoms with Gasteiger partial charge in [0.1, 0.15) is 5.00 Å². The van der Waals surface area contributed by atoms with Gasteiger partial charge in [-0.3, -0.25) is 4.90 Å². The number of carbonyl (C=O) groups excluding carboxylic acids is 1. The van der Waals surface area contributed by atoms with Gasteiger partial charge >= 0.3 is 5.97 Å². The highest BCUT2D eigenvalue weighted by Crippen LogP contribution is 2.49. The number of aliphatic imine (C=N–C) groups is 1. The minimum Gasteiger partial charge on any atom is -0.462 e. The third-order valence-corrected chi connectivity index (χ3v) is 8.60. The smallest absolute Gasteiger partial charge is 0.341 e. The first-order valence-corrected chi connectivity index (χ1v) is 15.4. The van der Waals surface area contributed by atoms with Gasteiger partial charge in [-0.05, 0) is 82.1 Å². The van der Waals surface area contributed by atoms with Crippen LogP contribution in [0, 0.1) is 0 Å². The van der Waals surface area contributed by atoms with E-state index in [1.54, 1.807) is 11.3 Å². The van der Waals surface area contributed by atoms with Crippen LogP contribution in [0.15, 0.2) is 89.9 Å². The van der Waals surface area contributed by atoms with Crippen LogP contribution >= 0.6 is 22.9 Å². The second-order valence-corrected chi connectivity index (χ2v) is 12.9. The fraction of sp³-hybridized carbons (Fsp3) is 0.294. The number of benzene rings is 3. The lowest BCUT2D eigenvalue weighted by molar-refractivity contribution is 0.0525. The molecular formula is C34H37ClN4O2S. The summed E-state index contributed by atoms with van der Waals surface area (Å²) >= 11 is 7.72.